The first-order valence-corrected chi connectivity index (χ1v) is 6.35. The number of esters is 1. The van der Waals surface area contributed by atoms with Crippen molar-refractivity contribution in [3.63, 3.8) is 0 Å². The van der Waals surface area contributed by atoms with Crippen LogP contribution in [0.5, 0.6) is 5.75 Å². The van der Waals surface area contributed by atoms with Gasteiger partial charge in [-0.25, -0.2) is 17.6 Å². The second-order valence-corrected chi connectivity index (χ2v) is 5.27. The lowest BCUT2D eigenvalue weighted by Gasteiger charge is -2.04. The summed E-state index contributed by atoms with van der Waals surface area (Å²) in [7, 11) is -3.70. The number of benzene rings is 1. The van der Waals surface area contributed by atoms with Crippen LogP contribution in [0.3, 0.4) is 0 Å². The molecular formula is C11H8FNO4S. The minimum atomic E-state index is -3.70. The fraction of sp³-hybridized carbons (Fsp3) is 0. The van der Waals surface area contributed by atoms with Gasteiger partial charge in [-0.15, -0.1) is 0 Å². The average molecular weight is 269 g/mol. The molecule has 0 aliphatic carbocycles. The van der Waals surface area contributed by atoms with E-state index in [4.69, 9.17) is 10.5 Å². The van der Waals surface area contributed by atoms with E-state index in [1.807, 2.05) is 0 Å². The minimum absolute atomic E-state index is 0.0967. The van der Waals surface area contributed by atoms with Crippen LogP contribution >= 0.6 is 0 Å². The summed E-state index contributed by atoms with van der Waals surface area (Å²) in [5.74, 6) is -1.28. The first-order chi connectivity index (χ1) is 8.40. The third kappa shape index (κ3) is 2.25. The van der Waals surface area contributed by atoms with Crippen LogP contribution in [0, 0.1) is 5.82 Å². The first kappa shape index (κ1) is 12.3. The molecule has 0 spiro atoms. The van der Waals surface area contributed by atoms with Gasteiger partial charge in [0.25, 0.3) is 0 Å². The molecule has 0 amide bonds. The minimum Gasteiger partial charge on any atom is -0.423 e. The van der Waals surface area contributed by atoms with E-state index in [2.05, 4.69) is 0 Å². The number of carbonyl (C=O) groups is 1. The summed E-state index contributed by atoms with van der Waals surface area (Å²) in [6.07, 6.45) is 1.07. The molecule has 0 aromatic heterocycles. The Kier molecular flexibility index (Phi) is 2.92. The van der Waals surface area contributed by atoms with Gasteiger partial charge >= 0.3 is 5.97 Å². The predicted octanol–water partition coefficient (Wildman–Crippen LogP) is 0.844. The molecule has 0 unspecified atom stereocenters. The lowest BCUT2D eigenvalue weighted by molar-refractivity contribution is -0.129. The van der Waals surface area contributed by atoms with E-state index in [0.29, 0.717) is 0 Å². The molecule has 2 rings (SSSR count). The van der Waals surface area contributed by atoms with E-state index in [1.54, 1.807) is 0 Å². The van der Waals surface area contributed by atoms with Gasteiger partial charge in [-0.2, -0.15) is 0 Å². The van der Waals surface area contributed by atoms with Crippen LogP contribution in [0.25, 0.3) is 0 Å². The zero-order valence-electron chi connectivity index (χ0n) is 8.96. The molecule has 1 aliphatic heterocycles. The number of rotatable bonds is 2. The van der Waals surface area contributed by atoms with E-state index in [1.165, 1.54) is 12.1 Å². The van der Waals surface area contributed by atoms with Crippen LogP contribution in [0.2, 0.25) is 0 Å². The molecule has 0 saturated heterocycles. The Morgan fingerprint density at radius 1 is 1.22 bits per heavy atom. The standard InChI is InChI=1S/C11H8FNO4S/c12-7-1-3-8(4-2-7)17-11(14)9-5-6-18(15,16)10(9)13/h1-6H,13H2. The maximum Gasteiger partial charge on any atom is 0.346 e. The molecule has 1 heterocycles. The van der Waals surface area contributed by atoms with Crippen LogP contribution in [0.1, 0.15) is 0 Å². The second-order valence-electron chi connectivity index (χ2n) is 3.47. The van der Waals surface area contributed by atoms with Crippen LogP contribution in [-0.2, 0) is 14.6 Å². The SMILES string of the molecule is NC1=C(C(=O)Oc2ccc(F)cc2)C=CS1(=O)=O. The van der Waals surface area contributed by atoms with Crippen molar-refractivity contribution >= 4 is 15.8 Å². The Morgan fingerprint density at radius 3 is 2.33 bits per heavy atom. The zero-order valence-corrected chi connectivity index (χ0v) is 9.78. The summed E-state index contributed by atoms with van der Waals surface area (Å²) >= 11 is 0. The number of ether oxygens (including phenoxy) is 1. The van der Waals surface area contributed by atoms with Crippen molar-refractivity contribution in [1.82, 2.24) is 0 Å². The molecule has 18 heavy (non-hydrogen) atoms. The van der Waals surface area contributed by atoms with Crippen molar-refractivity contribution < 1.29 is 22.3 Å². The third-order valence-electron chi connectivity index (χ3n) is 2.23. The third-order valence-corrected chi connectivity index (χ3v) is 3.56. The summed E-state index contributed by atoms with van der Waals surface area (Å²) in [4.78, 5) is 11.6. The van der Waals surface area contributed by atoms with Gasteiger partial charge in [0, 0.05) is 5.41 Å². The van der Waals surface area contributed by atoms with E-state index in [9.17, 15) is 17.6 Å². The molecule has 0 radical (unpaired) electrons. The van der Waals surface area contributed by atoms with Gasteiger partial charge in [-0.05, 0) is 30.3 Å². The van der Waals surface area contributed by atoms with Crippen LogP contribution in [0.4, 0.5) is 4.39 Å². The van der Waals surface area contributed by atoms with E-state index >= 15 is 0 Å². The highest BCUT2D eigenvalue weighted by atomic mass is 32.2. The molecule has 0 fully saturated rings. The van der Waals surface area contributed by atoms with Gasteiger partial charge in [0.15, 0.2) is 0 Å². The first-order valence-electron chi connectivity index (χ1n) is 4.81. The van der Waals surface area contributed by atoms with E-state index in [-0.39, 0.29) is 11.3 Å². The maximum atomic E-state index is 12.6. The highest BCUT2D eigenvalue weighted by Crippen LogP contribution is 2.21. The topological polar surface area (TPSA) is 86.5 Å². The van der Waals surface area contributed by atoms with Gasteiger partial charge in [0.1, 0.15) is 16.6 Å². The molecular weight excluding hydrogens is 261 g/mol. The van der Waals surface area contributed by atoms with E-state index < -0.39 is 26.7 Å². The lowest BCUT2D eigenvalue weighted by atomic mass is 10.3. The fourth-order valence-electron chi connectivity index (χ4n) is 1.30. The number of sulfone groups is 1. The van der Waals surface area contributed by atoms with Crippen LogP contribution in [0.15, 0.2) is 46.4 Å². The van der Waals surface area contributed by atoms with Crippen molar-refractivity contribution in [2.24, 2.45) is 5.73 Å². The summed E-state index contributed by atoms with van der Waals surface area (Å²) in [6, 6.07) is 4.72. The van der Waals surface area contributed by atoms with E-state index in [0.717, 1.165) is 23.6 Å². The summed E-state index contributed by atoms with van der Waals surface area (Å²) in [6.45, 7) is 0. The quantitative estimate of drug-likeness (QED) is 0.635. The smallest absolute Gasteiger partial charge is 0.346 e. The predicted molar refractivity (Wildman–Crippen MR) is 61.3 cm³/mol. The second kappa shape index (κ2) is 4.26. The Labute approximate surface area is 102 Å². The van der Waals surface area contributed by atoms with Gasteiger partial charge < -0.3 is 10.5 Å². The largest absolute Gasteiger partial charge is 0.423 e. The molecule has 0 bridgehead atoms. The van der Waals surface area contributed by atoms with Crippen molar-refractivity contribution in [2.45, 2.75) is 0 Å². The Balaban J connectivity index is 2.22. The Hall–Kier alpha value is -2.15. The number of hydrogen-bond acceptors (Lipinski definition) is 5. The number of nitrogens with two attached hydrogens (primary N) is 1. The summed E-state index contributed by atoms with van der Waals surface area (Å²) < 4.78 is 40.0. The van der Waals surface area contributed by atoms with Gasteiger partial charge in [-0.3, -0.25) is 0 Å². The number of carbonyl (C=O) groups excluding carboxylic acids is 1. The lowest BCUT2D eigenvalue weighted by Crippen LogP contribution is -2.16. The van der Waals surface area contributed by atoms with Gasteiger partial charge in [0.05, 0.1) is 5.57 Å². The van der Waals surface area contributed by atoms with Crippen molar-refractivity contribution in [3.05, 3.63) is 52.2 Å². The molecule has 94 valence electrons. The molecule has 1 aliphatic rings. The fourth-order valence-corrected chi connectivity index (χ4v) is 2.22. The summed E-state index contributed by atoms with van der Waals surface area (Å²) in [5.41, 5.74) is 5.07. The number of hydrogen-bond donors (Lipinski definition) is 1. The van der Waals surface area contributed by atoms with Gasteiger partial charge in [0.2, 0.25) is 9.84 Å². The Morgan fingerprint density at radius 2 is 1.83 bits per heavy atom. The van der Waals surface area contributed by atoms with Crippen LogP contribution in [-0.4, -0.2) is 14.4 Å². The highest BCUT2D eigenvalue weighted by molar-refractivity contribution is 7.98. The molecule has 1 aromatic rings. The molecule has 0 atom stereocenters. The zero-order chi connectivity index (χ0) is 13.3. The van der Waals surface area contributed by atoms with Gasteiger partial charge in [-0.1, -0.05) is 0 Å². The molecule has 0 saturated carbocycles. The molecule has 5 nitrogen and oxygen atoms in total. The van der Waals surface area contributed by atoms with Crippen molar-refractivity contribution in [1.29, 1.82) is 0 Å². The van der Waals surface area contributed by atoms with Crippen molar-refractivity contribution in [2.75, 3.05) is 0 Å². The monoisotopic (exact) mass is 269 g/mol. The Bertz CT molecular complexity index is 659. The summed E-state index contributed by atoms with van der Waals surface area (Å²) in [5, 5.41) is 0.276. The highest BCUT2D eigenvalue weighted by Gasteiger charge is 2.27. The van der Waals surface area contributed by atoms with Crippen LogP contribution < -0.4 is 10.5 Å². The van der Waals surface area contributed by atoms with Crippen molar-refractivity contribution in [3.8, 4) is 5.75 Å². The maximum absolute atomic E-state index is 12.6. The molecule has 1 aromatic carbocycles. The molecule has 2 N–H and O–H groups in total. The average Bonchev–Trinajstić information content (AvgIpc) is 2.58. The molecule has 7 heteroatoms. The normalized spacial score (nSPS) is 16.9. The number of halogens is 1.